The summed E-state index contributed by atoms with van der Waals surface area (Å²) in [6.07, 6.45) is 0. The number of ketones is 1. The number of hydrogen-bond acceptors (Lipinski definition) is 3. The lowest BCUT2D eigenvalue weighted by atomic mass is 10.0. The van der Waals surface area contributed by atoms with Gasteiger partial charge in [0.1, 0.15) is 11.3 Å². The van der Waals surface area contributed by atoms with Crippen LogP contribution in [0, 0.1) is 0 Å². The molecule has 0 aromatic heterocycles. The topological polar surface area (TPSA) is 74.6 Å². The summed E-state index contributed by atoms with van der Waals surface area (Å²) in [6.45, 7) is 0. The highest BCUT2D eigenvalue weighted by Crippen LogP contribution is 2.41. The number of benzene rings is 2. The van der Waals surface area contributed by atoms with Crippen LogP contribution in [0.15, 0.2) is 36.4 Å². The molecule has 2 aromatic rings. The molecule has 0 atom stereocenters. The number of aromatic carboxylic acids is 1. The molecule has 0 amide bonds. The number of fused-ring (bicyclic) bond motifs is 3. The van der Waals surface area contributed by atoms with Gasteiger partial charge in [0.05, 0.1) is 5.56 Å². The molecular formula is C14H8O4. The van der Waals surface area contributed by atoms with Crippen molar-refractivity contribution in [3.05, 3.63) is 53.1 Å². The Labute approximate surface area is 102 Å². The van der Waals surface area contributed by atoms with E-state index in [1.165, 1.54) is 6.07 Å². The van der Waals surface area contributed by atoms with E-state index < -0.39 is 11.7 Å². The summed E-state index contributed by atoms with van der Waals surface area (Å²) in [4.78, 5) is 23.1. The first-order valence-electron chi connectivity index (χ1n) is 5.34. The molecule has 88 valence electrons. The Morgan fingerprint density at radius 2 is 1.61 bits per heavy atom. The lowest BCUT2D eigenvalue weighted by Gasteiger charge is -2.04. The Balaban J connectivity index is 2.35. The second-order valence-corrected chi connectivity index (χ2v) is 4.06. The first kappa shape index (κ1) is 10.5. The summed E-state index contributed by atoms with van der Waals surface area (Å²) in [6, 6.07) is 9.84. The van der Waals surface area contributed by atoms with Gasteiger partial charge in [0.15, 0.2) is 5.78 Å². The molecule has 1 aliphatic carbocycles. The molecule has 2 aromatic carbocycles. The molecular weight excluding hydrogens is 232 g/mol. The van der Waals surface area contributed by atoms with Gasteiger partial charge in [-0.15, -0.1) is 0 Å². The maximum Gasteiger partial charge on any atom is 0.339 e. The number of phenols is 1. The van der Waals surface area contributed by atoms with E-state index in [2.05, 4.69) is 0 Å². The zero-order chi connectivity index (χ0) is 12.9. The maximum absolute atomic E-state index is 12.1. The maximum atomic E-state index is 12.1. The smallest absolute Gasteiger partial charge is 0.339 e. The van der Waals surface area contributed by atoms with Gasteiger partial charge in [-0.3, -0.25) is 4.79 Å². The Morgan fingerprint density at radius 3 is 2.28 bits per heavy atom. The number of carboxylic acid groups (broad SMARTS) is 1. The quantitative estimate of drug-likeness (QED) is 0.684. The van der Waals surface area contributed by atoms with Gasteiger partial charge < -0.3 is 10.2 Å². The molecule has 0 radical (unpaired) electrons. The molecule has 0 fully saturated rings. The first-order chi connectivity index (χ1) is 8.61. The van der Waals surface area contributed by atoms with Crippen LogP contribution >= 0.6 is 0 Å². The van der Waals surface area contributed by atoms with E-state index in [1.807, 2.05) is 0 Å². The number of carboxylic acids is 1. The van der Waals surface area contributed by atoms with Gasteiger partial charge >= 0.3 is 5.97 Å². The SMILES string of the molecule is O=C(O)c1ccc2c(c1O)C(=O)c1ccccc1-2. The summed E-state index contributed by atoms with van der Waals surface area (Å²) in [5.74, 6) is -2.04. The molecule has 0 saturated carbocycles. The van der Waals surface area contributed by atoms with Crippen molar-refractivity contribution in [1.82, 2.24) is 0 Å². The van der Waals surface area contributed by atoms with Gasteiger partial charge in [-0.2, -0.15) is 0 Å². The number of carbonyl (C=O) groups excluding carboxylic acids is 1. The fourth-order valence-corrected chi connectivity index (χ4v) is 2.27. The fourth-order valence-electron chi connectivity index (χ4n) is 2.27. The number of carbonyl (C=O) groups is 2. The zero-order valence-corrected chi connectivity index (χ0v) is 9.18. The summed E-state index contributed by atoms with van der Waals surface area (Å²) in [5, 5.41) is 18.8. The highest BCUT2D eigenvalue weighted by atomic mass is 16.4. The number of rotatable bonds is 1. The second-order valence-electron chi connectivity index (χ2n) is 4.06. The molecule has 18 heavy (non-hydrogen) atoms. The number of aromatic hydroxyl groups is 1. The summed E-state index contributed by atoms with van der Waals surface area (Å²) in [7, 11) is 0. The molecule has 0 bridgehead atoms. The van der Waals surface area contributed by atoms with Crippen LogP contribution in [-0.2, 0) is 0 Å². The Hall–Kier alpha value is -2.62. The molecule has 0 aliphatic heterocycles. The molecule has 0 heterocycles. The van der Waals surface area contributed by atoms with Crippen LogP contribution in [0.25, 0.3) is 11.1 Å². The standard InChI is InChI=1S/C14H8O4/c15-12-9-4-2-1-3-7(9)8-5-6-10(14(17)18)13(16)11(8)12/h1-6,16H,(H,17,18). The van der Waals surface area contributed by atoms with E-state index >= 15 is 0 Å². The largest absolute Gasteiger partial charge is 0.506 e. The fraction of sp³-hybridized carbons (Fsp3) is 0. The second kappa shape index (κ2) is 3.43. The number of hydrogen-bond donors (Lipinski definition) is 2. The Morgan fingerprint density at radius 1 is 0.944 bits per heavy atom. The molecule has 2 N–H and O–H groups in total. The van der Waals surface area contributed by atoms with E-state index in [-0.39, 0.29) is 16.9 Å². The Bertz CT molecular complexity index is 701. The van der Waals surface area contributed by atoms with Crippen LogP contribution in [0.2, 0.25) is 0 Å². The molecule has 0 unspecified atom stereocenters. The van der Waals surface area contributed by atoms with Crippen molar-refractivity contribution in [2.45, 2.75) is 0 Å². The van der Waals surface area contributed by atoms with Crippen LogP contribution in [0.4, 0.5) is 0 Å². The minimum atomic E-state index is -1.25. The lowest BCUT2D eigenvalue weighted by Crippen LogP contribution is -2.02. The van der Waals surface area contributed by atoms with Crippen LogP contribution < -0.4 is 0 Å². The Kier molecular flexibility index (Phi) is 2.01. The lowest BCUT2D eigenvalue weighted by molar-refractivity contribution is 0.0694. The minimum Gasteiger partial charge on any atom is -0.506 e. The van der Waals surface area contributed by atoms with Crippen LogP contribution in [-0.4, -0.2) is 22.0 Å². The van der Waals surface area contributed by atoms with Gasteiger partial charge in [-0.1, -0.05) is 30.3 Å². The van der Waals surface area contributed by atoms with Crippen LogP contribution in [0.1, 0.15) is 26.3 Å². The molecule has 4 heteroatoms. The molecule has 4 nitrogen and oxygen atoms in total. The van der Waals surface area contributed by atoms with Gasteiger partial charge in [0, 0.05) is 5.56 Å². The van der Waals surface area contributed by atoms with E-state index in [0.717, 1.165) is 5.56 Å². The minimum absolute atomic E-state index is 0.0797. The third kappa shape index (κ3) is 1.20. The average molecular weight is 240 g/mol. The van der Waals surface area contributed by atoms with Crippen molar-refractivity contribution >= 4 is 11.8 Å². The van der Waals surface area contributed by atoms with Crippen LogP contribution in [0.5, 0.6) is 5.75 Å². The van der Waals surface area contributed by atoms with Gasteiger partial charge in [0.2, 0.25) is 0 Å². The van der Waals surface area contributed by atoms with Crippen molar-refractivity contribution in [3.63, 3.8) is 0 Å². The van der Waals surface area contributed by atoms with Crippen LogP contribution in [0.3, 0.4) is 0 Å². The monoisotopic (exact) mass is 240 g/mol. The summed E-state index contributed by atoms with van der Waals surface area (Å²) >= 11 is 0. The van der Waals surface area contributed by atoms with E-state index in [1.54, 1.807) is 30.3 Å². The predicted octanol–water partition coefficient (Wildman–Crippen LogP) is 2.30. The first-order valence-corrected chi connectivity index (χ1v) is 5.34. The van der Waals surface area contributed by atoms with Crippen molar-refractivity contribution in [3.8, 4) is 16.9 Å². The van der Waals surface area contributed by atoms with Gasteiger partial charge in [-0.25, -0.2) is 4.79 Å². The van der Waals surface area contributed by atoms with E-state index in [4.69, 9.17) is 5.11 Å². The zero-order valence-electron chi connectivity index (χ0n) is 9.18. The highest BCUT2D eigenvalue weighted by molar-refractivity contribution is 6.24. The summed E-state index contributed by atoms with van der Waals surface area (Å²) in [5.41, 5.74) is 1.62. The van der Waals surface area contributed by atoms with Crippen molar-refractivity contribution in [1.29, 1.82) is 0 Å². The molecule has 0 spiro atoms. The third-order valence-corrected chi connectivity index (χ3v) is 3.10. The predicted molar refractivity (Wildman–Crippen MR) is 63.9 cm³/mol. The van der Waals surface area contributed by atoms with Gasteiger partial charge in [-0.05, 0) is 17.2 Å². The molecule has 3 rings (SSSR count). The van der Waals surface area contributed by atoms with E-state index in [9.17, 15) is 14.7 Å². The van der Waals surface area contributed by atoms with Gasteiger partial charge in [0.25, 0.3) is 0 Å². The molecule has 1 aliphatic rings. The van der Waals surface area contributed by atoms with E-state index in [0.29, 0.717) is 11.1 Å². The van der Waals surface area contributed by atoms with Crippen molar-refractivity contribution in [2.24, 2.45) is 0 Å². The van der Waals surface area contributed by atoms with Crippen molar-refractivity contribution in [2.75, 3.05) is 0 Å². The summed E-state index contributed by atoms with van der Waals surface area (Å²) < 4.78 is 0. The average Bonchev–Trinajstić information content (AvgIpc) is 2.65. The highest BCUT2D eigenvalue weighted by Gasteiger charge is 2.31. The van der Waals surface area contributed by atoms with Crippen molar-refractivity contribution < 1.29 is 19.8 Å². The normalized spacial score (nSPS) is 12.1. The molecule has 0 saturated heterocycles. The third-order valence-electron chi connectivity index (χ3n) is 3.10.